The van der Waals surface area contributed by atoms with Gasteiger partial charge in [-0.3, -0.25) is 4.98 Å². The van der Waals surface area contributed by atoms with Crippen molar-refractivity contribution >= 4 is 0 Å². The summed E-state index contributed by atoms with van der Waals surface area (Å²) in [5, 5.41) is 0. The molecule has 0 N–H and O–H groups in total. The van der Waals surface area contributed by atoms with Crippen molar-refractivity contribution in [3.05, 3.63) is 181 Å². The van der Waals surface area contributed by atoms with Crippen LogP contribution in [0.2, 0.25) is 0 Å². The number of hydrogen-bond acceptors (Lipinski definition) is 4. The van der Waals surface area contributed by atoms with Gasteiger partial charge in [-0.25, -0.2) is 15.0 Å². The third-order valence-corrected chi connectivity index (χ3v) is 9.28. The van der Waals surface area contributed by atoms with E-state index in [1.54, 1.807) is 0 Å². The Bertz CT molecular complexity index is 2380. The topological polar surface area (TPSA) is 51.6 Å². The molecule has 0 unspecified atom stereocenters. The molecule has 4 heteroatoms. The highest BCUT2D eigenvalue weighted by atomic mass is 15.0. The maximum absolute atomic E-state index is 5.08. The minimum atomic E-state index is 0.627. The summed E-state index contributed by atoms with van der Waals surface area (Å²) in [5.74, 6) is 1.91. The van der Waals surface area contributed by atoms with Gasteiger partial charge in [0.05, 0.1) is 0 Å². The predicted octanol–water partition coefficient (Wildman–Crippen LogP) is 10.8. The predicted molar refractivity (Wildman–Crippen MR) is 198 cm³/mol. The lowest BCUT2D eigenvalue weighted by Crippen LogP contribution is -2.00. The fourth-order valence-electron chi connectivity index (χ4n) is 6.94. The number of aromatic nitrogens is 4. The Labute approximate surface area is 285 Å². The lowest BCUT2D eigenvalue weighted by atomic mass is 9.91. The van der Waals surface area contributed by atoms with Crippen molar-refractivity contribution < 1.29 is 0 Å². The van der Waals surface area contributed by atoms with Gasteiger partial charge in [0, 0.05) is 34.6 Å². The van der Waals surface area contributed by atoms with Gasteiger partial charge >= 0.3 is 0 Å². The van der Waals surface area contributed by atoms with Gasteiger partial charge in [0.15, 0.2) is 17.5 Å². The van der Waals surface area contributed by atoms with E-state index in [1.165, 1.54) is 38.9 Å². The molecule has 0 spiro atoms. The van der Waals surface area contributed by atoms with Crippen molar-refractivity contribution in [2.45, 2.75) is 6.42 Å². The van der Waals surface area contributed by atoms with Crippen LogP contribution in [0.3, 0.4) is 0 Å². The Morgan fingerprint density at radius 1 is 0.327 bits per heavy atom. The lowest BCUT2D eigenvalue weighted by Gasteiger charge is -2.14. The molecule has 4 nitrogen and oxygen atoms in total. The molecule has 0 saturated heterocycles. The molecule has 49 heavy (non-hydrogen) atoms. The summed E-state index contributed by atoms with van der Waals surface area (Å²) in [6.07, 6.45) is 4.59. The molecule has 0 atom stereocenters. The molecule has 2 aromatic heterocycles. The number of fused-ring (bicyclic) bond motifs is 3. The van der Waals surface area contributed by atoms with Gasteiger partial charge in [0.1, 0.15) is 0 Å². The van der Waals surface area contributed by atoms with Gasteiger partial charge in [0.25, 0.3) is 0 Å². The van der Waals surface area contributed by atoms with E-state index in [9.17, 15) is 0 Å². The monoisotopic (exact) mass is 626 g/mol. The normalized spacial score (nSPS) is 11.6. The van der Waals surface area contributed by atoms with Crippen LogP contribution in [0.5, 0.6) is 0 Å². The van der Waals surface area contributed by atoms with E-state index in [0.29, 0.717) is 17.5 Å². The third-order valence-electron chi connectivity index (χ3n) is 9.28. The number of nitrogens with zero attached hydrogens (tertiary/aromatic N) is 4. The first-order valence-corrected chi connectivity index (χ1v) is 16.5. The molecular weight excluding hydrogens is 597 g/mol. The summed E-state index contributed by atoms with van der Waals surface area (Å²) in [6, 6.07) is 55.1. The number of pyridine rings is 1. The van der Waals surface area contributed by atoms with Crippen molar-refractivity contribution in [2.24, 2.45) is 0 Å². The van der Waals surface area contributed by atoms with Crippen LogP contribution in [-0.4, -0.2) is 19.9 Å². The van der Waals surface area contributed by atoms with E-state index in [0.717, 1.165) is 39.8 Å². The summed E-state index contributed by atoms with van der Waals surface area (Å²) in [6.45, 7) is 0. The van der Waals surface area contributed by atoms with Gasteiger partial charge in [-0.2, -0.15) is 0 Å². The zero-order chi connectivity index (χ0) is 32.6. The van der Waals surface area contributed by atoms with Gasteiger partial charge in [-0.15, -0.1) is 0 Å². The van der Waals surface area contributed by atoms with E-state index in [1.807, 2.05) is 79.1 Å². The summed E-state index contributed by atoms with van der Waals surface area (Å²) >= 11 is 0. The van der Waals surface area contributed by atoms with E-state index in [-0.39, 0.29) is 0 Å². The fourth-order valence-corrected chi connectivity index (χ4v) is 6.94. The first kappa shape index (κ1) is 28.7. The number of hydrogen-bond donors (Lipinski definition) is 0. The van der Waals surface area contributed by atoms with Gasteiger partial charge in [-0.1, -0.05) is 133 Å². The second-order valence-corrected chi connectivity index (χ2v) is 12.3. The second-order valence-electron chi connectivity index (χ2n) is 12.3. The molecule has 0 aliphatic heterocycles. The molecule has 6 aromatic carbocycles. The van der Waals surface area contributed by atoms with Crippen molar-refractivity contribution in [1.29, 1.82) is 0 Å². The average molecular weight is 627 g/mol. The van der Waals surface area contributed by atoms with Crippen LogP contribution in [-0.2, 0) is 6.42 Å². The summed E-state index contributed by atoms with van der Waals surface area (Å²) in [7, 11) is 0. The quantitative estimate of drug-likeness (QED) is 0.184. The summed E-state index contributed by atoms with van der Waals surface area (Å²) in [5.41, 5.74) is 15.1. The van der Waals surface area contributed by atoms with Crippen molar-refractivity contribution in [3.8, 4) is 78.7 Å². The van der Waals surface area contributed by atoms with Crippen LogP contribution in [0.15, 0.2) is 170 Å². The van der Waals surface area contributed by atoms with Crippen molar-refractivity contribution in [1.82, 2.24) is 19.9 Å². The molecule has 2 heterocycles. The standard InChI is InChI=1S/C45H30N4/c1-4-13-30(14-5-1)37-20-10-22-39-40-23-11-21-38(42(40)28-41(37)39)35-25-34(33-19-12-24-46-29-33)26-36(27-35)45-48-43(31-15-6-2-7-16-31)47-44(49-45)32-17-8-3-9-18-32/h1-27,29H,28H2. The van der Waals surface area contributed by atoms with Crippen LogP contribution < -0.4 is 0 Å². The lowest BCUT2D eigenvalue weighted by molar-refractivity contribution is 1.07. The zero-order valence-electron chi connectivity index (χ0n) is 26.7. The van der Waals surface area contributed by atoms with E-state index >= 15 is 0 Å². The van der Waals surface area contributed by atoms with Gasteiger partial charge < -0.3 is 0 Å². The molecule has 1 aliphatic carbocycles. The van der Waals surface area contributed by atoms with Crippen molar-refractivity contribution in [3.63, 3.8) is 0 Å². The molecule has 0 amide bonds. The van der Waals surface area contributed by atoms with Crippen LogP contribution in [0.25, 0.3) is 78.7 Å². The van der Waals surface area contributed by atoms with E-state index in [4.69, 9.17) is 15.0 Å². The Morgan fingerprint density at radius 3 is 1.33 bits per heavy atom. The Morgan fingerprint density at radius 2 is 0.776 bits per heavy atom. The first-order valence-electron chi connectivity index (χ1n) is 16.5. The summed E-state index contributed by atoms with van der Waals surface area (Å²) < 4.78 is 0. The highest BCUT2D eigenvalue weighted by Gasteiger charge is 2.25. The van der Waals surface area contributed by atoms with Crippen LogP contribution in [0, 0.1) is 0 Å². The van der Waals surface area contributed by atoms with Crippen LogP contribution in [0.4, 0.5) is 0 Å². The Hall–Kier alpha value is -6.52. The van der Waals surface area contributed by atoms with E-state index < -0.39 is 0 Å². The van der Waals surface area contributed by atoms with E-state index in [2.05, 4.69) is 96.0 Å². The minimum Gasteiger partial charge on any atom is -0.264 e. The van der Waals surface area contributed by atoms with Gasteiger partial charge in [0.2, 0.25) is 0 Å². The summed E-state index contributed by atoms with van der Waals surface area (Å²) in [4.78, 5) is 19.5. The average Bonchev–Trinajstić information content (AvgIpc) is 3.58. The molecule has 0 fully saturated rings. The number of benzene rings is 6. The zero-order valence-corrected chi connectivity index (χ0v) is 26.7. The Balaban J connectivity index is 1.23. The highest BCUT2D eigenvalue weighted by molar-refractivity contribution is 5.91. The smallest absolute Gasteiger partial charge is 0.164 e. The Kier molecular flexibility index (Phi) is 7.17. The molecule has 0 saturated carbocycles. The van der Waals surface area contributed by atoms with Crippen LogP contribution in [0.1, 0.15) is 11.1 Å². The first-order chi connectivity index (χ1) is 24.3. The third kappa shape index (κ3) is 5.39. The molecule has 1 aliphatic rings. The number of rotatable bonds is 6. The molecule has 230 valence electrons. The second kappa shape index (κ2) is 12.3. The van der Waals surface area contributed by atoms with Crippen molar-refractivity contribution in [2.75, 3.05) is 0 Å². The fraction of sp³-hybridized carbons (Fsp3) is 0.0222. The molecule has 0 radical (unpaired) electrons. The molecule has 0 bridgehead atoms. The molecule has 9 rings (SSSR count). The largest absolute Gasteiger partial charge is 0.264 e. The SMILES string of the molecule is c1ccc(-c2nc(-c3ccccc3)nc(-c3cc(-c4cccnc4)cc(-c4cccc5c4Cc4c(-c6ccccc6)cccc4-5)c3)n2)cc1. The van der Waals surface area contributed by atoms with Gasteiger partial charge in [-0.05, 0) is 80.8 Å². The highest BCUT2D eigenvalue weighted by Crippen LogP contribution is 2.46. The maximum atomic E-state index is 5.08. The minimum absolute atomic E-state index is 0.627. The van der Waals surface area contributed by atoms with Crippen LogP contribution >= 0.6 is 0 Å². The maximum Gasteiger partial charge on any atom is 0.164 e. The molecular formula is C45H30N4. The molecule has 8 aromatic rings.